The number of nitrogens with zero attached hydrogens (tertiary/aromatic N) is 1. The largest absolute Gasteiger partial charge is 0.325 e. The SMILES string of the molecule is Cc1ccccc1NC(=O)CN(Cc1ccc(Cl)c(Cl)c1)S(=O)(=O)c1ccccc1. The maximum atomic E-state index is 13.2. The Morgan fingerprint density at radius 1 is 0.933 bits per heavy atom. The lowest BCUT2D eigenvalue weighted by atomic mass is 10.2. The standard InChI is InChI=1S/C22H20Cl2N2O3S/c1-16-7-5-6-10-21(16)25-22(27)15-26(14-17-11-12-19(23)20(24)13-17)30(28,29)18-8-3-2-4-9-18/h2-13H,14-15H2,1H3,(H,25,27). The number of nitrogens with one attached hydrogen (secondary N) is 1. The molecule has 0 saturated heterocycles. The van der Waals surface area contributed by atoms with Gasteiger partial charge in [-0.2, -0.15) is 4.31 Å². The monoisotopic (exact) mass is 462 g/mol. The van der Waals surface area contributed by atoms with E-state index in [2.05, 4.69) is 5.32 Å². The summed E-state index contributed by atoms with van der Waals surface area (Å²) in [6.45, 7) is 1.48. The van der Waals surface area contributed by atoms with E-state index in [0.717, 1.165) is 9.87 Å². The summed E-state index contributed by atoms with van der Waals surface area (Å²) in [5, 5.41) is 3.46. The highest BCUT2D eigenvalue weighted by Crippen LogP contribution is 2.25. The summed E-state index contributed by atoms with van der Waals surface area (Å²) in [6.07, 6.45) is 0. The maximum absolute atomic E-state index is 13.2. The zero-order chi connectivity index (χ0) is 21.7. The number of para-hydroxylation sites is 1. The second-order valence-electron chi connectivity index (χ2n) is 6.70. The topological polar surface area (TPSA) is 66.5 Å². The van der Waals surface area contributed by atoms with Crippen molar-refractivity contribution in [2.24, 2.45) is 0 Å². The predicted octanol–water partition coefficient (Wildman–Crippen LogP) is 5.13. The number of carbonyl (C=O) groups is 1. The van der Waals surface area contributed by atoms with Crippen molar-refractivity contribution in [2.75, 3.05) is 11.9 Å². The van der Waals surface area contributed by atoms with Gasteiger partial charge in [0, 0.05) is 12.2 Å². The molecule has 1 amide bonds. The number of halogens is 2. The zero-order valence-electron chi connectivity index (χ0n) is 16.2. The third kappa shape index (κ3) is 5.40. The van der Waals surface area contributed by atoms with Gasteiger partial charge in [0.05, 0.1) is 21.5 Å². The Morgan fingerprint density at radius 2 is 1.60 bits per heavy atom. The van der Waals surface area contributed by atoms with Crippen LogP contribution in [0, 0.1) is 6.92 Å². The van der Waals surface area contributed by atoms with E-state index in [-0.39, 0.29) is 18.0 Å². The number of hydrogen-bond acceptors (Lipinski definition) is 3. The van der Waals surface area contributed by atoms with Crippen molar-refractivity contribution in [3.63, 3.8) is 0 Å². The average molecular weight is 463 g/mol. The minimum absolute atomic E-state index is 0.0324. The van der Waals surface area contributed by atoms with Crippen molar-refractivity contribution in [3.05, 3.63) is 94.0 Å². The molecule has 1 N–H and O–H groups in total. The molecule has 0 spiro atoms. The summed E-state index contributed by atoms with van der Waals surface area (Å²) in [4.78, 5) is 12.8. The summed E-state index contributed by atoms with van der Waals surface area (Å²) in [5.74, 6) is -0.441. The first-order valence-corrected chi connectivity index (χ1v) is 11.3. The van der Waals surface area contributed by atoms with Crippen molar-refractivity contribution >= 4 is 44.8 Å². The van der Waals surface area contributed by atoms with Gasteiger partial charge in [-0.05, 0) is 48.4 Å². The molecule has 0 aliphatic carbocycles. The number of benzene rings is 3. The van der Waals surface area contributed by atoms with Crippen LogP contribution in [0.3, 0.4) is 0 Å². The molecule has 3 rings (SSSR count). The first-order chi connectivity index (χ1) is 14.3. The number of hydrogen-bond donors (Lipinski definition) is 1. The Hall–Kier alpha value is -2.38. The van der Waals surface area contributed by atoms with Crippen LogP contribution in [-0.2, 0) is 21.4 Å². The summed E-state index contributed by atoms with van der Waals surface area (Å²) >= 11 is 12.0. The average Bonchev–Trinajstić information content (AvgIpc) is 2.72. The van der Waals surface area contributed by atoms with Crippen LogP contribution < -0.4 is 5.32 Å². The van der Waals surface area contributed by atoms with E-state index in [1.54, 1.807) is 48.5 Å². The van der Waals surface area contributed by atoms with Gasteiger partial charge in [-0.1, -0.05) is 65.7 Å². The number of amides is 1. The van der Waals surface area contributed by atoms with E-state index in [4.69, 9.17) is 23.2 Å². The van der Waals surface area contributed by atoms with Crippen LogP contribution in [0.25, 0.3) is 0 Å². The van der Waals surface area contributed by atoms with Crippen molar-refractivity contribution in [1.29, 1.82) is 0 Å². The fourth-order valence-corrected chi connectivity index (χ4v) is 4.60. The van der Waals surface area contributed by atoms with Crippen LogP contribution in [0.1, 0.15) is 11.1 Å². The van der Waals surface area contributed by atoms with Crippen LogP contribution >= 0.6 is 23.2 Å². The summed E-state index contributed by atoms with van der Waals surface area (Å²) in [5.41, 5.74) is 2.13. The van der Waals surface area contributed by atoms with Gasteiger partial charge in [-0.25, -0.2) is 8.42 Å². The molecule has 5 nitrogen and oxygen atoms in total. The third-order valence-corrected chi connectivity index (χ3v) is 7.01. The summed E-state index contributed by atoms with van der Waals surface area (Å²) in [7, 11) is -3.92. The Bertz CT molecular complexity index is 1150. The Balaban J connectivity index is 1.89. The van der Waals surface area contributed by atoms with Crippen molar-refractivity contribution in [3.8, 4) is 0 Å². The Morgan fingerprint density at radius 3 is 2.27 bits per heavy atom. The molecule has 0 fully saturated rings. The van der Waals surface area contributed by atoms with Crippen molar-refractivity contribution < 1.29 is 13.2 Å². The zero-order valence-corrected chi connectivity index (χ0v) is 18.5. The van der Waals surface area contributed by atoms with E-state index >= 15 is 0 Å². The van der Waals surface area contributed by atoms with Crippen molar-refractivity contribution in [1.82, 2.24) is 4.31 Å². The van der Waals surface area contributed by atoms with E-state index in [0.29, 0.717) is 21.3 Å². The highest BCUT2D eigenvalue weighted by atomic mass is 35.5. The molecule has 0 unspecified atom stereocenters. The number of rotatable bonds is 7. The molecule has 3 aromatic carbocycles. The lowest BCUT2D eigenvalue weighted by Crippen LogP contribution is -2.37. The molecule has 0 aliphatic heterocycles. The number of carbonyl (C=O) groups excluding carboxylic acids is 1. The lowest BCUT2D eigenvalue weighted by molar-refractivity contribution is -0.116. The number of aryl methyl sites for hydroxylation is 1. The molecule has 0 atom stereocenters. The third-order valence-electron chi connectivity index (χ3n) is 4.46. The normalized spacial score (nSPS) is 11.5. The van der Waals surface area contributed by atoms with E-state index in [1.807, 2.05) is 19.1 Å². The molecule has 156 valence electrons. The van der Waals surface area contributed by atoms with Gasteiger partial charge in [0.25, 0.3) is 0 Å². The lowest BCUT2D eigenvalue weighted by Gasteiger charge is -2.22. The van der Waals surface area contributed by atoms with Gasteiger partial charge in [0.15, 0.2) is 0 Å². The number of anilines is 1. The van der Waals surface area contributed by atoms with Crippen LogP contribution in [0.15, 0.2) is 77.7 Å². The molecule has 0 aromatic heterocycles. The highest BCUT2D eigenvalue weighted by molar-refractivity contribution is 7.89. The molecular weight excluding hydrogens is 443 g/mol. The first kappa shape index (κ1) is 22.3. The fourth-order valence-electron chi connectivity index (χ4n) is 2.87. The minimum Gasteiger partial charge on any atom is -0.325 e. The smallest absolute Gasteiger partial charge is 0.243 e. The van der Waals surface area contributed by atoms with E-state index < -0.39 is 15.9 Å². The quantitative estimate of drug-likeness (QED) is 0.528. The summed E-state index contributed by atoms with van der Waals surface area (Å²) < 4.78 is 27.6. The second kappa shape index (κ2) is 9.62. The Labute approximate surface area is 186 Å². The molecule has 30 heavy (non-hydrogen) atoms. The molecule has 0 saturated carbocycles. The van der Waals surface area contributed by atoms with Crippen LogP contribution in [-0.4, -0.2) is 25.2 Å². The highest BCUT2D eigenvalue weighted by Gasteiger charge is 2.27. The van der Waals surface area contributed by atoms with Crippen LogP contribution in [0.2, 0.25) is 10.0 Å². The minimum atomic E-state index is -3.92. The predicted molar refractivity (Wildman–Crippen MR) is 120 cm³/mol. The molecule has 8 heteroatoms. The molecule has 0 heterocycles. The van der Waals surface area contributed by atoms with E-state index in [9.17, 15) is 13.2 Å². The van der Waals surface area contributed by atoms with Crippen LogP contribution in [0.5, 0.6) is 0 Å². The van der Waals surface area contributed by atoms with Gasteiger partial charge in [0.2, 0.25) is 15.9 Å². The van der Waals surface area contributed by atoms with Gasteiger partial charge in [-0.3, -0.25) is 4.79 Å². The summed E-state index contributed by atoms with van der Waals surface area (Å²) in [6, 6.07) is 20.2. The fraction of sp³-hybridized carbons (Fsp3) is 0.136. The molecular formula is C22H20Cl2N2O3S. The first-order valence-electron chi connectivity index (χ1n) is 9.12. The molecule has 0 aliphatic rings. The van der Waals surface area contributed by atoms with Gasteiger partial charge in [0.1, 0.15) is 0 Å². The maximum Gasteiger partial charge on any atom is 0.243 e. The van der Waals surface area contributed by atoms with Crippen molar-refractivity contribution in [2.45, 2.75) is 18.4 Å². The van der Waals surface area contributed by atoms with Gasteiger partial charge in [-0.15, -0.1) is 0 Å². The van der Waals surface area contributed by atoms with Gasteiger partial charge < -0.3 is 5.32 Å². The molecule has 3 aromatic rings. The second-order valence-corrected chi connectivity index (χ2v) is 9.45. The van der Waals surface area contributed by atoms with Gasteiger partial charge >= 0.3 is 0 Å². The van der Waals surface area contributed by atoms with Crippen LogP contribution in [0.4, 0.5) is 5.69 Å². The molecule has 0 radical (unpaired) electrons. The molecule has 0 bridgehead atoms. The number of sulfonamides is 1. The van der Waals surface area contributed by atoms with E-state index in [1.165, 1.54) is 12.1 Å². The Kier molecular flexibility index (Phi) is 7.15.